The van der Waals surface area contributed by atoms with Crippen LogP contribution < -0.4 is 5.32 Å². The van der Waals surface area contributed by atoms with Crippen LogP contribution in [0, 0.1) is 17.8 Å². The fourth-order valence-electron chi connectivity index (χ4n) is 5.84. The molecule has 1 aromatic heterocycles. The average molecular weight is 392 g/mol. The summed E-state index contributed by atoms with van der Waals surface area (Å²) in [4.78, 5) is 30.9. The molecule has 7 heteroatoms. The molecule has 4 aliphatic rings. The van der Waals surface area contributed by atoms with Gasteiger partial charge in [0.05, 0.1) is 13.7 Å². The van der Waals surface area contributed by atoms with Gasteiger partial charge < -0.3 is 15.0 Å². The molecule has 4 saturated carbocycles. The number of esters is 1. The summed E-state index contributed by atoms with van der Waals surface area (Å²) in [6.45, 7) is 3.20. The number of methoxy groups -OCH3 is 1. The van der Waals surface area contributed by atoms with Crippen LogP contribution in [-0.2, 0) is 11.3 Å². The highest BCUT2D eigenvalue weighted by molar-refractivity contribution is 7.09. The van der Waals surface area contributed by atoms with E-state index < -0.39 is 5.97 Å². The summed E-state index contributed by atoms with van der Waals surface area (Å²) in [5.74, 6) is 1.98. The molecule has 4 bridgehead atoms. The van der Waals surface area contributed by atoms with Gasteiger partial charge in [0, 0.05) is 17.5 Å². The minimum Gasteiger partial charge on any atom is -0.464 e. The van der Waals surface area contributed by atoms with E-state index in [1.54, 1.807) is 5.38 Å². The van der Waals surface area contributed by atoms with Crippen LogP contribution in [0.5, 0.6) is 0 Å². The molecule has 1 aromatic rings. The second-order valence-electron chi connectivity index (χ2n) is 8.67. The molecule has 148 valence electrons. The zero-order valence-electron chi connectivity index (χ0n) is 16.2. The number of ether oxygens (including phenoxy) is 1. The third kappa shape index (κ3) is 3.84. The molecular weight excluding hydrogens is 362 g/mol. The maximum Gasteiger partial charge on any atom is 0.357 e. The Bertz CT molecular complexity index is 682. The first-order valence-corrected chi connectivity index (χ1v) is 11.0. The first-order valence-electron chi connectivity index (χ1n) is 10.1. The molecule has 5 rings (SSSR count). The number of thiazole rings is 1. The fourth-order valence-corrected chi connectivity index (χ4v) is 6.62. The monoisotopic (exact) mass is 391 g/mol. The Kier molecular flexibility index (Phi) is 5.14. The molecule has 0 saturated heterocycles. The van der Waals surface area contributed by atoms with Crippen LogP contribution in [-0.4, -0.2) is 41.1 Å². The molecule has 27 heavy (non-hydrogen) atoms. The van der Waals surface area contributed by atoms with Gasteiger partial charge >= 0.3 is 12.0 Å². The number of hydrogen-bond donors (Lipinski definition) is 1. The van der Waals surface area contributed by atoms with Crippen molar-refractivity contribution in [3.63, 3.8) is 0 Å². The fraction of sp³-hybridized carbons (Fsp3) is 0.750. The van der Waals surface area contributed by atoms with Crippen molar-refractivity contribution in [1.82, 2.24) is 15.2 Å². The van der Waals surface area contributed by atoms with Gasteiger partial charge in [-0.1, -0.05) is 6.92 Å². The van der Waals surface area contributed by atoms with Crippen molar-refractivity contribution >= 4 is 23.3 Å². The van der Waals surface area contributed by atoms with E-state index in [-0.39, 0.29) is 11.6 Å². The predicted octanol–water partition coefficient (Wildman–Crippen LogP) is 3.82. The molecule has 0 aliphatic heterocycles. The number of hydrogen-bond acceptors (Lipinski definition) is 5. The van der Waals surface area contributed by atoms with E-state index in [1.165, 1.54) is 37.7 Å². The first kappa shape index (κ1) is 18.7. The third-order valence-corrected chi connectivity index (χ3v) is 7.30. The summed E-state index contributed by atoms with van der Waals surface area (Å²) in [6, 6.07) is 0.0219. The lowest BCUT2D eigenvalue weighted by Gasteiger charge is -2.57. The molecule has 0 unspecified atom stereocenters. The van der Waals surface area contributed by atoms with Crippen LogP contribution in [0.2, 0.25) is 0 Å². The summed E-state index contributed by atoms with van der Waals surface area (Å²) in [7, 11) is 1.35. The summed E-state index contributed by atoms with van der Waals surface area (Å²) in [6.07, 6.45) is 8.43. The Morgan fingerprint density at radius 2 is 1.89 bits per heavy atom. The van der Waals surface area contributed by atoms with E-state index in [0.29, 0.717) is 18.8 Å². The molecule has 4 aliphatic carbocycles. The lowest BCUT2D eigenvalue weighted by atomic mass is 9.53. The van der Waals surface area contributed by atoms with E-state index >= 15 is 0 Å². The highest BCUT2D eigenvalue weighted by Gasteiger charge is 2.51. The second-order valence-corrected chi connectivity index (χ2v) is 9.61. The number of rotatable bonds is 6. The van der Waals surface area contributed by atoms with Crippen LogP contribution in [0.1, 0.15) is 67.4 Å². The van der Waals surface area contributed by atoms with E-state index in [9.17, 15) is 9.59 Å². The second kappa shape index (κ2) is 7.41. The quantitative estimate of drug-likeness (QED) is 0.748. The van der Waals surface area contributed by atoms with Crippen LogP contribution >= 0.6 is 11.3 Å². The zero-order chi connectivity index (χ0) is 19.0. The number of urea groups is 1. The number of nitrogens with one attached hydrogen (secondary N) is 1. The van der Waals surface area contributed by atoms with Crippen molar-refractivity contribution in [2.45, 2.75) is 64.0 Å². The number of nitrogens with zero attached hydrogens (tertiary/aromatic N) is 2. The van der Waals surface area contributed by atoms with Crippen molar-refractivity contribution < 1.29 is 14.3 Å². The molecule has 0 aromatic carbocycles. The largest absolute Gasteiger partial charge is 0.464 e. The molecule has 0 spiro atoms. The standard InChI is InChI=1S/C20H29N3O3S/c1-3-4-23(11-17-21-16(12-27-17)18(24)26-2)19(25)22-20-8-13-5-14(9-20)7-15(6-13)10-20/h12-15H,3-11H2,1-2H3,(H,22,25). The van der Waals surface area contributed by atoms with Crippen molar-refractivity contribution in [1.29, 1.82) is 0 Å². The Labute approximate surface area is 164 Å². The predicted molar refractivity (Wildman–Crippen MR) is 104 cm³/mol. The smallest absolute Gasteiger partial charge is 0.357 e. The van der Waals surface area contributed by atoms with Gasteiger partial charge in [0.2, 0.25) is 0 Å². The Balaban J connectivity index is 1.43. The lowest BCUT2D eigenvalue weighted by molar-refractivity contribution is -0.0158. The number of carbonyl (C=O) groups excluding carboxylic acids is 2. The third-order valence-electron chi connectivity index (χ3n) is 6.46. The number of aromatic nitrogens is 1. The van der Waals surface area contributed by atoms with Crippen molar-refractivity contribution in [2.75, 3.05) is 13.7 Å². The molecule has 2 amide bonds. The van der Waals surface area contributed by atoms with Gasteiger partial charge in [0.15, 0.2) is 5.69 Å². The van der Waals surface area contributed by atoms with Gasteiger partial charge in [-0.2, -0.15) is 0 Å². The molecule has 4 fully saturated rings. The van der Waals surface area contributed by atoms with Gasteiger partial charge in [-0.05, 0) is 62.7 Å². The topological polar surface area (TPSA) is 71.5 Å². The van der Waals surface area contributed by atoms with E-state index in [1.807, 2.05) is 4.90 Å². The Morgan fingerprint density at radius 3 is 2.44 bits per heavy atom. The van der Waals surface area contributed by atoms with Gasteiger partial charge in [-0.25, -0.2) is 14.6 Å². The SMILES string of the molecule is CCCN(Cc1nc(C(=O)OC)cs1)C(=O)NC12CC3CC(CC(C3)C1)C2. The molecule has 0 atom stereocenters. The Hall–Kier alpha value is -1.63. The average Bonchev–Trinajstić information content (AvgIpc) is 3.07. The molecule has 1 N–H and O–H groups in total. The molecule has 1 heterocycles. The van der Waals surface area contributed by atoms with Crippen LogP contribution in [0.15, 0.2) is 5.38 Å². The van der Waals surface area contributed by atoms with E-state index in [0.717, 1.165) is 48.4 Å². The van der Waals surface area contributed by atoms with Crippen molar-refractivity contribution in [2.24, 2.45) is 17.8 Å². The Morgan fingerprint density at radius 1 is 1.26 bits per heavy atom. The molecule has 6 nitrogen and oxygen atoms in total. The number of carbonyl (C=O) groups is 2. The maximum atomic E-state index is 13.1. The van der Waals surface area contributed by atoms with Crippen molar-refractivity contribution in [3.05, 3.63) is 16.1 Å². The zero-order valence-corrected chi connectivity index (χ0v) is 17.0. The van der Waals surface area contributed by atoms with E-state index in [4.69, 9.17) is 4.74 Å². The highest BCUT2D eigenvalue weighted by atomic mass is 32.1. The summed E-state index contributed by atoms with van der Waals surface area (Å²) < 4.78 is 4.72. The minimum absolute atomic E-state index is 0.0118. The summed E-state index contributed by atoms with van der Waals surface area (Å²) in [5, 5.41) is 5.91. The minimum atomic E-state index is -0.433. The molecule has 0 radical (unpaired) electrons. The number of amides is 2. The summed E-state index contributed by atoms with van der Waals surface area (Å²) in [5.41, 5.74) is 0.327. The maximum absolute atomic E-state index is 13.1. The van der Waals surface area contributed by atoms with Crippen LogP contribution in [0.4, 0.5) is 4.79 Å². The summed E-state index contributed by atoms with van der Waals surface area (Å²) >= 11 is 1.40. The first-order chi connectivity index (χ1) is 13.0. The van der Waals surface area contributed by atoms with Crippen LogP contribution in [0.25, 0.3) is 0 Å². The lowest BCUT2D eigenvalue weighted by Crippen LogP contribution is -2.61. The van der Waals surface area contributed by atoms with Gasteiger partial charge in [0.25, 0.3) is 0 Å². The highest BCUT2D eigenvalue weighted by Crippen LogP contribution is 2.55. The van der Waals surface area contributed by atoms with Gasteiger partial charge in [-0.15, -0.1) is 11.3 Å². The normalized spacial score (nSPS) is 31.0. The molecular formula is C20H29N3O3S. The van der Waals surface area contributed by atoms with Gasteiger partial charge in [0.1, 0.15) is 5.01 Å². The van der Waals surface area contributed by atoms with E-state index in [2.05, 4.69) is 17.2 Å². The van der Waals surface area contributed by atoms with Crippen LogP contribution in [0.3, 0.4) is 0 Å². The van der Waals surface area contributed by atoms with Gasteiger partial charge in [-0.3, -0.25) is 0 Å². The van der Waals surface area contributed by atoms with Crippen molar-refractivity contribution in [3.8, 4) is 0 Å².